The quantitative estimate of drug-likeness (QED) is 0.253. The maximum Gasteiger partial charge on any atom is 0.311 e. The Balaban J connectivity index is 3.46. The van der Waals surface area contributed by atoms with Crippen LogP contribution in [0.1, 0.15) is 6.42 Å². The highest BCUT2D eigenvalue weighted by molar-refractivity contribution is 5.69. The Labute approximate surface area is 61.1 Å². The van der Waals surface area contributed by atoms with Crippen molar-refractivity contribution in [3.8, 4) is 0 Å². The van der Waals surface area contributed by atoms with Crippen LogP contribution in [0.3, 0.4) is 0 Å². The van der Waals surface area contributed by atoms with Crippen molar-refractivity contribution in [3.05, 3.63) is 0 Å². The molecule has 0 bridgehead atoms. The van der Waals surface area contributed by atoms with Gasteiger partial charge in [0.15, 0.2) is 0 Å². The third-order valence-corrected chi connectivity index (χ3v) is 1.12. The zero-order valence-electron chi connectivity index (χ0n) is 6.76. The SMILES string of the molecule is COC(=O)CC[N+](C)(C)N. The van der Waals surface area contributed by atoms with Crippen LogP contribution in [0.5, 0.6) is 0 Å². The molecule has 10 heavy (non-hydrogen) atoms. The summed E-state index contributed by atoms with van der Waals surface area (Å²) in [5.41, 5.74) is 0. The fourth-order valence-electron chi connectivity index (χ4n) is 0.482. The van der Waals surface area contributed by atoms with Gasteiger partial charge in [0.05, 0.1) is 27.6 Å². The molecular formula is C6H15N2O2+. The lowest BCUT2D eigenvalue weighted by Crippen LogP contribution is -2.47. The second-order valence-corrected chi connectivity index (χ2v) is 2.83. The summed E-state index contributed by atoms with van der Waals surface area (Å²) in [6.45, 7) is 0.604. The van der Waals surface area contributed by atoms with E-state index in [1.165, 1.54) is 7.11 Å². The molecule has 2 N–H and O–H groups in total. The molecule has 0 aromatic rings. The minimum atomic E-state index is -0.211. The van der Waals surface area contributed by atoms with E-state index in [0.717, 1.165) is 0 Å². The summed E-state index contributed by atoms with van der Waals surface area (Å²) >= 11 is 0. The number of ether oxygens (including phenoxy) is 1. The molecular weight excluding hydrogens is 132 g/mol. The average molecular weight is 147 g/mol. The summed E-state index contributed by atoms with van der Waals surface area (Å²) in [4.78, 5) is 10.6. The summed E-state index contributed by atoms with van der Waals surface area (Å²) in [5.74, 6) is 5.36. The van der Waals surface area contributed by atoms with Crippen molar-refractivity contribution in [2.45, 2.75) is 6.42 Å². The first-order chi connectivity index (χ1) is 4.45. The Morgan fingerprint density at radius 1 is 1.60 bits per heavy atom. The Morgan fingerprint density at radius 2 is 2.10 bits per heavy atom. The molecule has 0 heterocycles. The van der Waals surface area contributed by atoms with Crippen molar-refractivity contribution in [3.63, 3.8) is 0 Å². The number of carbonyl (C=O) groups excluding carboxylic acids is 1. The molecule has 0 aromatic heterocycles. The number of hydrogen-bond donors (Lipinski definition) is 1. The predicted octanol–water partition coefficient (Wildman–Crippen LogP) is -0.500. The molecule has 4 nitrogen and oxygen atoms in total. The monoisotopic (exact) mass is 147 g/mol. The van der Waals surface area contributed by atoms with Gasteiger partial charge >= 0.3 is 5.97 Å². The minimum Gasteiger partial charge on any atom is -0.469 e. The van der Waals surface area contributed by atoms with Crippen LogP contribution in [-0.4, -0.2) is 38.3 Å². The number of methoxy groups -OCH3 is 1. The summed E-state index contributed by atoms with van der Waals surface area (Å²) in [5, 5.41) is 0. The van der Waals surface area contributed by atoms with Crippen molar-refractivity contribution in [1.82, 2.24) is 0 Å². The summed E-state index contributed by atoms with van der Waals surface area (Å²) in [6, 6.07) is 0. The van der Waals surface area contributed by atoms with Crippen LogP contribution in [0, 0.1) is 0 Å². The van der Waals surface area contributed by atoms with Gasteiger partial charge in [-0.1, -0.05) is 0 Å². The first-order valence-electron chi connectivity index (χ1n) is 3.14. The van der Waals surface area contributed by atoms with E-state index >= 15 is 0 Å². The van der Waals surface area contributed by atoms with Gasteiger partial charge in [-0.3, -0.25) is 9.39 Å². The molecule has 4 heteroatoms. The maximum atomic E-state index is 10.6. The van der Waals surface area contributed by atoms with Crippen molar-refractivity contribution >= 4 is 5.97 Å². The summed E-state index contributed by atoms with van der Waals surface area (Å²) in [7, 11) is 5.02. The number of nitrogens with zero attached hydrogens (tertiary/aromatic N) is 1. The molecule has 0 amide bonds. The molecule has 60 valence electrons. The van der Waals surface area contributed by atoms with E-state index in [4.69, 9.17) is 5.84 Å². The van der Waals surface area contributed by atoms with Gasteiger partial charge in [0.25, 0.3) is 0 Å². The number of hydrogen-bond acceptors (Lipinski definition) is 3. The standard InChI is InChI=1S/C6H15N2O2/c1-8(2,7)5-4-6(9)10-3/h4-5,7H2,1-3H3/q+1. The van der Waals surface area contributed by atoms with Crippen LogP contribution < -0.4 is 5.84 Å². The molecule has 0 aliphatic heterocycles. The smallest absolute Gasteiger partial charge is 0.311 e. The predicted molar refractivity (Wildman–Crippen MR) is 37.8 cm³/mol. The maximum absolute atomic E-state index is 10.6. The van der Waals surface area contributed by atoms with Gasteiger partial charge in [-0.05, 0) is 0 Å². The number of rotatable bonds is 3. The van der Waals surface area contributed by atoms with Gasteiger partial charge < -0.3 is 4.74 Å². The van der Waals surface area contributed by atoms with Crippen LogP contribution in [0.25, 0.3) is 0 Å². The minimum absolute atomic E-state index is 0.211. The van der Waals surface area contributed by atoms with Crippen LogP contribution in [0.15, 0.2) is 0 Å². The summed E-state index contributed by atoms with van der Waals surface area (Å²) in [6.07, 6.45) is 0.375. The molecule has 0 rings (SSSR count). The van der Waals surface area contributed by atoms with Crippen LogP contribution in [-0.2, 0) is 9.53 Å². The van der Waals surface area contributed by atoms with Crippen molar-refractivity contribution in [1.29, 1.82) is 0 Å². The highest BCUT2D eigenvalue weighted by Gasteiger charge is 2.11. The second-order valence-electron chi connectivity index (χ2n) is 2.83. The van der Waals surface area contributed by atoms with E-state index in [9.17, 15) is 4.79 Å². The Kier molecular flexibility index (Phi) is 3.32. The third kappa shape index (κ3) is 5.53. The first-order valence-corrected chi connectivity index (χ1v) is 3.14. The second kappa shape index (κ2) is 3.53. The van der Waals surface area contributed by atoms with Crippen molar-refractivity contribution < 1.29 is 14.1 Å². The van der Waals surface area contributed by atoms with E-state index in [1.54, 1.807) is 0 Å². The van der Waals surface area contributed by atoms with Gasteiger partial charge in [-0.15, -0.1) is 0 Å². The van der Waals surface area contributed by atoms with Gasteiger partial charge in [0.2, 0.25) is 0 Å². The highest BCUT2D eigenvalue weighted by Crippen LogP contribution is 1.90. The van der Waals surface area contributed by atoms with E-state index in [1.807, 2.05) is 14.1 Å². The van der Waals surface area contributed by atoms with E-state index in [2.05, 4.69) is 4.74 Å². The molecule has 0 radical (unpaired) electrons. The normalized spacial score (nSPS) is 11.2. The van der Waals surface area contributed by atoms with Gasteiger partial charge in [-0.25, -0.2) is 0 Å². The Hall–Kier alpha value is -0.610. The summed E-state index contributed by atoms with van der Waals surface area (Å²) < 4.78 is 4.74. The Bertz CT molecular complexity index is 117. The molecule has 0 saturated heterocycles. The molecule has 0 atom stereocenters. The van der Waals surface area contributed by atoms with E-state index in [-0.39, 0.29) is 5.97 Å². The lowest BCUT2D eigenvalue weighted by molar-refractivity contribution is -0.901. The number of nitrogens with two attached hydrogens (primary N) is 1. The average Bonchev–Trinajstić information content (AvgIpc) is 1.81. The zero-order valence-corrected chi connectivity index (χ0v) is 6.76. The zero-order chi connectivity index (χ0) is 8.20. The topological polar surface area (TPSA) is 52.3 Å². The molecule has 0 aliphatic carbocycles. The molecule has 0 aromatic carbocycles. The van der Waals surface area contributed by atoms with Crippen LogP contribution in [0.2, 0.25) is 0 Å². The van der Waals surface area contributed by atoms with Crippen molar-refractivity contribution in [2.24, 2.45) is 5.84 Å². The molecule has 0 saturated carbocycles. The van der Waals surface area contributed by atoms with Crippen LogP contribution >= 0.6 is 0 Å². The number of carbonyl (C=O) groups is 1. The fraction of sp³-hybridized carbons (Fsp3) is 0.833. The van der Waals surface area contributed by atoms with Crippen LogP contribution in [0.4, 0.5) is 0 Å². The highest BCUT2D eigenvalue weighted by atomic mass is 16.5. The molecule has 0 spiro atoms. The fourth-order valence-corrected chi connectivity index (χ4v) is 0.482. The lowest BCUT2D eigenvalue weighted by atomic mass is 10.4. The molecule has 0 fully saturated rings. The largest absolute Gasteiger partial charge is 0.469 e. The van der Waals surface area contributed by atoms with E-state index < -0.39 is 0 Å². The van der Waals surface area contributed by atoms with Gasteiger partial charge in [0.1, 0.15) is 6.54 Å². The molecule has 0 unspecified atom stereocenters. The number of esters is 1. The van der Waals surface area contributed by atoms with Crippen molar-refractivity contribution in [2.75, 3.05) is 27.7 Å². The first kappa shape index (κ1) is 9.39. The lowest BCUT2D eigenvalue weighted by Gasteiger charge is -2.21. The number of quaternary nitrogens is 1. The van der Waals surface area contributed by atoms with E-state index in [0.29, 0.717) is 17.6 Å². The van der Waals surface area contributed by atoms with Gasteiger partial charge in [0, 0.05) is 0 Å². The van der Waals surface area contributed by atoms with Gasteiger partial charge in [-0.2, -0.15) is 5.84 Å². The third-order valence-electron chi connectivity index (χ3n) is 1.12. The molecule has 0 aliphatic rings. The Morgan fingerprint density at radius 3 is 2.40 bits per heavy atom.